The largest absolute Gasteiger partial charge is 0.397 e. The van der Waals surface area contributed by atoms with Crippen molar-refractivity contribution in [1.29, 1.82) is 0 Å². The molecule has 0 saturated carbocycles. The molecule has 1 aliphatic rings. The number of carbonyl (C=O) groups is 1. The van der Waals surface area contributed by atoms with Crippen molar-refractivity contribution in [1.82, 2.24) is 9.88 Å². The van der Waals surface area contributed by atoms with Gasteiger partial charge in [0.25, 0.3) is 5.91 Å². The summed E-state index contributed by atoms with van der Waals surface area (Å²) in [6.07, 6.45) is 1.70. The molecule has 0 aromatic carbocycles. The second-order valence-electron chi connectivity index (χ2n) is 3.67. The van der Waals surface area contributed by atoms with Crippen LogP contribution in [-0.2, 0) is 0 Å². The van der Waals surface area contributed by atoms with Gasteiger partial charge in [0.1, 0.15) is 5.69 Å². The molecule has 5 nitrogen and oxygen atoms in total. The van der Waals surface area contributed by atoms with Gasteiger partial charge in [-0.2, -0.15) is 0 Å². The quantitative estimate of drug-likeness (QED) is 0.672. The van der Waals surface area contributed by atoms with Crippen molar-refractivity contribution in [3.05, 3.63) is 24.0 Å². The van der Waals surface area contributed by atoms with E-state index in [4.69, 9.17) is 5.73 Å². The van der Waals surface area contributed by atoms with Crippen LogP contribution >= 0.6 is 0 Å². The Morgan fingerprint density at radius 3 is 2.93 bits per heavy atom. The maximum atomic E-state index is 11.8. The molecule has 2 rings (SSSR count). The number of nitrogens with zero attached hydrogens (tertiary/aromatic N) is 2. The van der Waals surface area contributed by atoms with Crippen LogP contribution in [-0.4, -0.2) is 40.1 Å². The van der Waals surface area contributed by atoms with Crippen molar-refractivity contribution in [3.8, 4) is 0 Å². The van der Waals surface area contributed by atoms with Crippen molar-refractivity contribution >= 4 is 11.6 Å². The topological polar surface area (TPSA) is 79.5 Å². The van der Waals surface area contributed by atoms with Crippen LogP contribution in [0.1, 0.15) is 16.9 Å². The highest BCUT2D eigenvalue weighted by atomic mass is 16.3. The molecule has 80 valence electrons. The van der Waals surface area contributed by atoms with Crippen molar-refractivity contribution in [2.75, 3.05) is 18.8 Å². The normalized spacial score (nSPS) is 20.6. The van der Waals surface area contributed by atoms with Crippen LogP contribution in [0.5, 0.6) is 0 Å². The molecule has 1 aromatic rings. The number of hydrogen-bond donors (Lipinski definition) is 2. The Morgan fingerprint density at radius 1 is 1.60 bits per heavy atom. The van der Waals surface area contributed by atoms with Crippen molar-refractivity contribution in [3.63, 3.8) is 0 Å². The van der Waals surface area contributed by atoms with Gasteiger partial charge >= 0.3 is 0 Å². The fourth-order valence-electron chi connectivity index (χ4n) is 1.62. The Balaban J connectivity index is 2.11. The molecule has 0 bridgehead atoms. The van der Waals surface area contributed by atoms with Crippen LogP contribution < -0.4 is 5.73 Å². The van der Waals surface area contributed by atoms with Gasteiger partial charge in [-0.1, -0.05) is 0 Å². The van der Waals surface area contributed by atoms with Crippen molar-refractivity contribution in [2.45, 2.75) is 12.5 Å². The lowest BCUT2D eigenvalue weighted by atomic mass is 10.3. The van der Waals surface area contributed by atoms with Crippen LogP contribution in [0.2, 0.25) is 0 Å². The Hall–Kier alpha value is -1.62. The zero-order valence-electron chi connectivity index (χ0n) is 8.26. The maximum absolute atomic E-state index is 11.8. The third kappa shape index (κ3) is 2.07. The number of amides is 1. The zero-order chi connectivity index (χ0) is 10.8. The molecule has 3 N–H and O–H groups in total. The van der Waals surface area contributed by atoms with Gasteiger partial charge in [0, 0.05) is 13.1 Å². The minimum Gasteiger partial charge on any atom is -0.397 e. The average Bonchev–Trinajstić information content (AvgIpc) is 2.65. The van der Waals surface area contributed by atoms with E-state index in [1.165, 1.54) is 6.20 Å². The lowest BCUT2D eigenvalue weighted by molar-refractivity contribution is 0.0759. The highest BCUT2D eigenvalue weighted by Gasteiger charge is 2.25. The van der Waals surface area contributed by atoms with Crippen molar-refractivity contribution in [2.24, 2.45) is 0 Å². The van der Waals surface area contributed by atoms with E-state index in [0.29, 0.717) is 30.9 Å². The van der Waals surface area contributed by atoms with E-state index >= 15 is 0 Å². The highest BCUT2D eigenvalue weighted by Crippen LogP contribution is 2.12. The summed E-state index contributed by atoms with van der Waals surface area (Å²) in [4.78, 5) is 17.4. The number of likely N-dealkylation sites (tertiary alicyclic amines) is 1. The summed E-state index contributed by atoms with van der Waals surface area (Å²) in [5.74, 6) is -0.147. The van der Waals surface area contributed by atoms with Gasteiger partial charge in [0.15, 0.2) is 0 Å². The number of β-amino-alcohol motifs (C(OH)–C–C–N with tert-alkyl or cyclic N) is 1. The third-order valence-electron chi connectivity index (χ3n) is 2.46. The summed E-state index contributed by atoms with van der Waals surface area (Å²) < 4.78 is 0. The molecule has 0 unspecified atom stereocenters. The molecule has 5 heteroatoms. The van der Waals surface area contributed by atoms with E-state index in [1.54, 1.807) is 17.0 Å². The van der Waals surface area contributed by atoms with Crippen LogP contribution in [0, 0.1) is 0 Å². The Labute approximate surface area is 87.5 Å². The SMILES string of the molecule is Nc1ccc(C(=O)N2CC[C@H](O)C2)nc1. The molecular formula is C10H13N3O2. The first kappa shape index (κ1) is 9.92. The lowest BCUT2D eigenvalue weighted by Crippen LogP contribution is -2.30. The molecule has 1 fully saturated rings. The summed E-state index contributed by atoms with van der Waals surface area (Å²) in [5.41, 5.74) is 6.38. The van der Waals surface area contributed by atoms with E-state index in [2.05, 4.69) is 4.98 Å². The van der Waals surface area contributed by atoms with E-state index in [9.17, 15) is 9.90 Å². The van der Waals surface area contributed by atoms with E-state index in [1.807, 2.05) is 0 Å². The van der Waals surface area contributed by atoms with Gasteiger partial charge in [-0.15, -0.1) is 0 Å². The summed E-state index contributed by atoms with van der Waals surface area (Å²) >= 11 is 0. The van der Waals surface area contributed by atoms with Gasteiger partial charge in [-0.05, 0) is 18.6 Å². The number of pyridine rings is 1. The summed E-state index contributed by atoms with van der Waals surface area (Å²) in [5, 5.41) is 9.31. The smallest absolute Gasteiger partial charge is 0.272 e. The number of aliphatic hydroxyl groups is 1. The number of nitrogen functional groups attached to an aromatic ring is 1. The number of aromatic nitrogens is 1. The van der Waals surface area contributed by atoms with Crippen LogP contribution in [0.25, 0.3) is 0 Å². The summed E-state index contributed by atoms with van der Waals surface area (Å²) in [7, 11) is 0. The number of nitrogens with two attached hydrogens (primary N) is 1. The monoisotopic (exact) mass is 207 g/mol. The number of anilines is 1. The number of carbonyl (C=O) groups excluding carboxylic acids is 1. The molecule has 1 aliphatic heterocycles. The number of aliphatic hydroxyl groups excluding tert-OH is 1. The Morgan fingerprint density at radius 2 is 2.40 bits per heavy atom. The van der Waals surface area contributed by atoms with E-state index < -0.39 is 6.10 Å². The maximum Gasteiger partial charge on any atom is 0.272 e. The third-order valence-corrected chi connectivity index (χ3v) is 2.46. The standard InChI is InChI=1S/C10H13N3O2/c11-7-1-2-9(12-5-7)10(15)13-4-3-8(14)6-13/h1-2,5,8,14H,3-4,6,11H2/t8-/m0/s1. The molecular weight excluding hydrogens is 194 g/mol. The Bertz CT molecular complexity index is 363. The molecule has 0 spiro atoms. The molecule has 1 saturated heterocycles. The predicted molar refractivity (Wildman–Crippen MR) is 55.2 cm³/mol. The molecule has 15 heavy (non-hydrogen) atoms. The summed E-state index contributed by atoms with van der Waals surface area (Å²) in [6.45, 7) is 0.983. The summed E-state index contributed by atoms with van der Waals surface area (Å²) in [6, 6.07) is 3.25. The molecule has 0 radical (unpaired) electrons. The molecule has 2 heterocycles. The minimum atomic E-state index is -0.400. The van der Waals surface area contributed by atoms with E-state index in [0.717, 1.165) is 0 Å². The molecule has 1 aromatic heterocycles. The van der Waals surface area contributed by atoms with Crippen LogP contribution in [0.15, 0.2) is 18.3 Å². The van der Waals surface area contributed by atoms with Gasteiger partial charge in [0.05, 0.1) is 18.0 Å². The van der Waals surface area contributed by atoms with E-state index in [-0.39, 0.29) is 5.91 Å². The van der Waals surface area contributed by atoms with Gasteiger partial charge in [0.2, 0.25) is 0 Å². The van der Waals surface area contributed by atoms with Crippen LogP contribution in [0.3, 0.4) is 0 Å². The van der Waals surface area contributed by atoms with Gasteiger partial charge in [-0.25, -0.2) is 4.98 Å². The van der Waals surface area contributed by atoms with Crippen LogP contribution in [0.4, 0.5) is 5.69 Å². The second-order valence-corrected chi connectivity index (χ2v) is 3.67. The molecule has 0 aliphatic carbocycles. The van der Waals surface area contributed by atoms with Crippen molar-refractivity contribution < 1.29 is 9.90 Å². The first-order chi connectivity index (χ1) is 7.16. The van der Waals surface area contributed by atoms with Gasteiger partial charge < -0.3 is 15.7 Å². The fourth-order valence-corrected chi connectivity index (χ4v) is 1.62. The first-order valence-electron chi connectivity index (χ1n) is 4.85. The molecule has 1 atom stereocenters. The fraction of sp³-hybridized carbons (Fsp3) is 0.400. The predicted octanol–water partition coefficient (Wildman–Crippen LogP) is -0.129. The minimum absolute atomic E-state index is 0.147. The average molecular weight is 207 g/mol. The second kappa shape index (κ2) is 3.86. The number of rotatable bonds is 1. The highest BCUT2D eigenvalue weighted by molar-refractivity contribution is 5.92. The first-order valence-corrected chi connectivity index (χ1v) is 4.85. The number of hydrogen-bond acceptors (Lipinski definition) is 4. The Kier molecular flexibility index (Phi) is 2.55. The van der Waals surface area contributed by atoms with Gasteiger partial charge in [-0.3, -0.25) is 4.79 Å². The lowest BCUT2D eigenvalue weighted by Gasteiger charge is -2.14. The molecule has 1 amide bonds. The zero-order valence-corrected chi connectivity index (χ0v) is 8.26.